The van der Waals surface area contributed by atoms with E-state index in [9.17, 15) is 9.59 Å². The van der Waals surface area contributed by atoms with Crippen molar-refractivity contribution >= 4 is 23.8 Å². The van der Waals surface area contributed by atoms with Gasteiger partial charge in [-0.15, -0.1) is 0 Å². The normalized spacial score (nSPS) is 14.7. The van der Waals surface area contributed by atoms with Crippen molar-refractivity contribution in [2.75, 3.05) is 31.7 Å². The summed E-state index contributed by atoms with van der Waals surface area (Å²) < 4.78 is 12.7. The summed E-state index contributed by atoms with van der Waals surface area (Å²) in [5.74, 6) is 0.543. The third-order valence-electron chi connectivity index (χ3n) is 4.43. The van der Waals surface area contributed by atoms with Crippen LogP contribution < -0.4 is 10.2 Å². The Labute approximate surface area is 152 Å². The van der Waals surface area contributed by atoms with Crippen LogP contribution in [0.2, 0.25) is 0 Å². The van der Waals surface area contributed by atoms with Crippen molar-refractivity contribution < 1.29 is 19.1 Å². The van der Waals surface area contributed by atoms with Gasteiger partial charge < -0.3 is 14.8 Å². The van der Waals surface area contributed by atoms with Gasteiger partial charge in [-0.05, 0) is 37.0 Å². The van der Waals surface area contributed by atoms with Gasteiger partial charge in [0.2, 0.25) is 12.3 Å². The molecule has 3 heterocycles. The topological polar surface area (TPSA) is 85.2 Å². The first-order valence-corrected chi connectivity index (χ1v) is 8.83. The van der Waals surface area contributed by atoms with Gasteiger partial charge in [0, 0.05) is 26.2 Å². The van der Waals surface area contributed by atoms with Gasteiger partial charge in [0.1, 0.15) is 11.5 Å². The lowest BCUT2D eigenvalue weighted by atomic mass is 10.1. The van der Waals surface area contributed by atoms with Crippen LogP contribution in [0.15, 0.2) is 24.5 Å². The van der Waals surface area contributed by atoms with E-state index in [2.05, 4.69) is 10.3 Å². The van der Waals surface area contributed by atoms with Crippen LogP contribution in [0.1, 0.15) is 24.8 Å². The second-order valence-electron chi connectivity index (χ2n) is 6.16. The van der Waals surface area contributed by atoms with E-state index < -0.39 is 0 Å². The Bertz CT molecular complexity index is 755. The van der Waals surface area contributed by atoms with E-state index in [1.54, 1.807) is 13.2 Å². The van der Waals surface area contributed by atoms with E-state index in [1.165, 1.54) is 10.5 Å². The van der Waals surface area contributed by atoms with E-state index in [-0.39, 0.29) is 18.6 Å². The molecular weight excluding hydrogens is 336 g/mol. The van der Waals surface area contributed by atoms with Crippen molar-refractivity contribution in [3.8, 4) is 0 Å². The highest BCUT2D eigenvalue weighted by Crippen LogP contribution is 2.19. The van der Waals surface area contributed by atoms with Gasteiger partial charge in [-0.1, -0.05) is 0 Å². The summed E-state index contributed by atoms with van der Waals surface area (Å²) in [6.07, 6.45) is 7.22. The van der Waals surface area contributed by atoms with Crippen molar-refractivity contribution in [2.24, 2.45) is 0 Å². The van der Waals surface area contributed by atoms with Crippen molar-refractivity contribution in [1.82, 2.24) is 14.7 Å². The number of aromatic nitrogens is 2. The molecule has 140 valence electrons. The predicted octanol–water partition coefficient (Wildman–Crippen LogP) is 1.13. The molecule has 1 N–H and O–H groups in total. The van der Waals surface area contributed by atoms with Crippen LogP contribution in [0.25, 0.3) is 5.65 Å². The number of pyridine rings is 1. The minimum Gasteiger partial charge on any atom is -0.359 e. The molecule has 1 saturated heterocycles. The Hall–Kier alpha value is -2.45. The van der Waals surface area contributed by atoms with Crippen LogP contribution in [-0.4, -0.2) is 54.8 Å². The molecule has 1 fully saturated rings. The molecule has 3 rings (SSSR count). The Kier molecular flexibility index (Phi) is 6.19. The monoisotopic (exact) mass is 360 g/mol. The standard InChI is InChI=1S/C18H24N4O4/c1-19-16(24)6-7-21(13-23)17-12-20-15-11-14(5-8-22(15)17)3-2-4-18-25-9-10-26-18/h5,8,11-13,18H,2-4,6-7,9-10H2,1H3,(H,19,24). The second kappa shape index (κ2) is 8.77. The third-order valence-corrected chi connectivity index (χ3v) is 4.43. The van der Waals surface area contributed by atoms with E-state index >= 15 is 0 Å². The number of fused-ring (bicyclic) bond motifs is 1. The van der Waals surface area contributed by atoms with Crippen molar-refractivity contribution in [3.63, 3.8) is 0 Å². The first-order chi connectivity index (χ1) is 12.7. The van der Waals surface area contributed by atoms with Crippen LogP contribution in [0.5, 0.6) is 0 Å². The van der Waals surface area contributed by atoms with Gasteiger partial charge in [-0.2, -0.15) is 0 Å². The molecule has 26 heavy (non-hydrogen) atoms. The molecule has 0 bridgehead atoms. The van der Waals surface area contributed by atoms with Crippen molar-refractivity contribution in [3.05, 3.63) is 30.1 Å². The van der Waals surface area contributed by atoms with Gasteiger partial charge in [0.25, 0.3) is 0 Å². The molecule has 0 saturated carbocycles. The Morgan fingerprint density at radius 1 is 1.46 bits per heavy atom. The first-order valence-electron chi connectivity index (χ1n) is 8.83. The molecule has 0 unspecified atom stereocenters. The highest BCUT2D eigenvalue weighted by Gasteiger charge is 2.16. The van der Waals surface area contributed by atoms with Crippen LogP contribution >= 0.6 is 0 Å². The number of imidazole rings is 1. The molecule has 8 heteroatoms. The number of anilines is 1. The maximum absolute atomic E-state index is 11.4. The largest absolute Gasteiger partial charge is 0.359 e. The van der Waals surface area contributed by atoms with Gasteiger partial charge >= 0.3 is 0 Å². The molecule has 0 aliphatic carbocycles. The smallest absolute Gasteiger partial charge is 0.221 e. The Morgan fingerprint density at radius 3 is 3.00 bits per heavy atom. The summed E-state index contributed by atoms with van der Waals surface area (Å²) >= 11 is 0. The zero-order valence-corrected chi connectivity index (χ0v) is 14.9. The average Bonchev–Trinajstić information content (AvgIpc) is 3.32. The number of aryl methyl sites for hydroxylation is 1. The molecule has 1 aliphatic rings. The Morgan fingerprint density at radius 2 is 2.27 bits per heavy atom. The zero-order valence-electron chi connectivity index (χ0n) is 14.9. The van der Waals surface area contributed by atoms with Crippen LogP contribution in [0.3, 0.4) is 0 Å². The first kappa shape index (κ1) is 18.3. The quantitative estimate of drug-likeness (QED) is 0.678. The fourth-order valence-corrected chi connectivity index (χ4v) is 2.99. The number of amides is 2. The second-order valence-corrected chi connectivity index (χ2v) is 6.16. The maximum Gasteiger partial charge on any atom is 0.221 e. The van der Waals surface area contributed by atoms with E-state index in [1.807, 2.05) is 22.7 Å². The Balaban J connectivity index is 1.63. The summed E-state index contributed by atoms with van der Waals surface area (Å²) in [6.45, 7) is 1.67. The minimum atomic E-state index is -0.108. The maximum atomic E-state index is 11.4. The molecular formula is C18H24N4O4. The molecule has 2 aromatic rings. The molecule has 0 radical (unpaired) electrons. The summed E-state index contributed by atoms with van der Waals surface area (Å²) in [7, 11) is 1.58. The van der Waals surface area contributed by atoms with E-state index in [4.69, 9.17) is 9.47 Å². The molecule has 1 aliphatic heterocycles. The van der Waals surface area contributed by atoms with Gasteiger partial charge in [0.15, 0.2) is 6.29 Å². The van der Waals surface area contributed by atoms with Crippen molar-refractivity contribution in [1.29, 1.82) is 0 Å². The third kappa shape index (κ3) is 4.39. The number of nitrogens with zero attached hydrogens (tertiary/aromatic N) is 3. The van der Waals surface area contributed by atoms with Gasteiger partial charge in [-0.3, -0.25) is 18.9 Å². The lowest BCUT2D eigenvalue weighted by Gasteiger charge is -2.16. The lowest BCUT2D eigenvalue weighted by Crippen LogP contribution is -2.29. The number of hydrogen-bond acceptors (Lipinski definition) is 5. The summed E-state index contributed by atoms with van der Waals surface area (Å²) in [4.78, 5) is 28.7. The number of carbonyl (C=O) groups is 2. The van der Waals surface area contributed by atoms with Gasteiger partial charge in [0.05, 0.1) is 19.4 Å². The zero-order chi connectivity index (χ0) is 18.4. The predicted molar refractivity (Wildman–Crippen MR) is 95.9 cm³/mol. The molecule has 2 amide bonds. The van der Waals surface area contributed by atoms with Crippen LogP contribution in [0, 0.1) is 0 Å². The highest BCUT2D eigenvalue weighted by atomic mass is 16.7. The fourth-order valence-electron chi connectivity index (χ4n) is 2.99. The number of nitrogens with one attached hydrogen (secondary N) is 1. The molecule has 0 aromatic carbocycles. The van der Waals surface area contributed by atoms with E-state index in [0.29, 0.717) is 25.6 Å². The number of ether oxygens (including phenoxy) is 2. The summed E-state index contributed by atoms with van der Waals surface area (Å²) in [5, 5.41) is 2.55. The number of hydrogen-bond donors (Lipinski definition) is 1. The summed E-state index contributed by atoms with van der Waals surface area (Å²) in [5.41, 5.74) is 1.95. The van der Waals surface area contributed by atoms with E-state index in [0.717, 1.165) is 31.3 Å². The summed E-state index contributed by atoms with van der Waals surface area (Å²) in [6, 6.07) is 4.04. The van der Waals surface area contributed by atoms with Crippen LogP contribution in [0.4, 0.5) is 5.82 Å². The highest BCUT2D eigenvalue weighted by molar-refractivity contribution is 5.79. The molecule has 2 aromatic heterocycles. The molecule has 0 atom stereocenters. The lowest BCUT2D eigenvalue weighted by molar-refractivity contribution is -0.120. The van der Waals surface area contributed by atoms with Gasteiger partial charge in [-0.25, -0.2) is 4.98 Å². The van der Waals surface area contributed by atoms with Crippen LogP contribution in [-0.2, 0) is 25.5 Å². The van der Waals surface area contributed by atoms with Crippen molar-refractivity contribution in [2.45, 2.75) is 32.0 Å². The number of rotatable bonds is 9. The number of carbonyl (C=O) groups excluding carboxylic acids is 2. The average molecular weight is 360 g/mol. The SMILES string of the molecule is CNC(=O)CCN(C=O)c1cnc2cc(CCCC3OCCO3)ccn12. The molecule has 8 nitrogen and oxygen atoms in total. The molecule has 0 spiro atoms. The fraction of sp³-hybridized carbons (Fsp3) is 0.500. The minimum absolute atomic E-state index is 0.0711.